The van der Waals surface area contributed by atoms with Crippen LogP contribution in [0.4, 0.5) is 10.5 Å². The second-order valence-corrected chi connectivity index (χ2v) is 8.59. The van der Waals surface area contributed by atoms with Crippen LogP contribution in [-0.4, -0.2) is 59.6 Å². The summed E-state index contributed by atoms with van der Waals surface area (Å²) in [5.74, 6) is -0.0825. The maximum absolute atomic E-state index is 12.7. The minimum Gasteiger partial charge on any atom is -0.444 e. The van der Waals surface area contributed by atoms with E-state index in [1.807, 2.05) is 40.7 Å². The van der Waals surface area contributed by atoms with Crippen LogP contribution >= 0.6 is 11.6 Å². The molecule has 1 heterocycles. The van der Waals surface area contributed by atoms with Crippen molar-refractivity contribution in [1.29, 1.82) is 0 Å². The van der Waals surface area contributed by atoms with Gasteiger partial charge in [0.15, 0.2) is 0 Å². The molecule has 0 spiro atoms. The Morgan fingerprint density at radius 3 is 2.67 bits per heavy atom. The van der Waals surface area contributed by atoms with Crippen LogP contribution in [0.25, 0.3) is 0 Å². The van der Waals surface area contributed by atoms with Gasteiger partial charge >= 0.3 is 6.09 Å². The van der Waals surface area contributed by atoms with Crippen LogP contribution in [0.3, 0.4) is 0 Å². The zero-order valence-corrected chi connectivity index (χ0v) is 17.8. The minimum absolute atomic E-state index is 0.0306. The number of nitrogens with zero attached hydrogens (tertiary/aromatic N) is 2. The Labute approximate surface area is 166 Å². The van der Waals surface area contributed by atoms with Crippen LogP contribution in [0, 0.1) is 6.92 Å². The summed E-state index contributed by atoms with van der Waals surface area (Å²) in [6.07, 6.45) is 0.477. The van der Waals surface area contributed by atoms with Crippen LogP contribution in [0.1, 0.15) is 39.7 Å². The van der Waals surface area contributed by atoms with Crippen LogP contribution < -0.4 is 5.32 Å². The number of aryl methyl sites for hydroxylation is 1. The molecule has 0 saturated carbocycles. The number of nitrogens with one attached hydrogen (secondary N) is 1. The molecule has 1 aromatic rings. The van der Waals surface area contributed by atoms with E-state index < -0.39 is 5.60 Å². The van der Waals surface area contributed by atoms with E-state index in [1.54, 1.807) is 24.1 Å². The molecule has 1 N–H and O–H groups in total. The number of likely N-dealkylation sites (N-methyl/N-ethyl adjacent to an activating group) is 1. The SMILES string of the molecule is Cc1ccc(Cl)cc1NC(=O)[C@@H](C)N1CC[C@@H](N(C)C(=O)OC(C)(C)C)C1. The van der Waals surface area contributed by atoms with Crippen molar-refractivity contribution < 1.29 is 14.3 Å². The number of ether oxygens (including phenoxy) is 1. The lowest BCUT2D eigenvalue weighted by molar-refractivity contribution is -0.120. The molecule has 2 atom stereocenters. The van der Waals surface area contributed by atoms with Crippen molar-refractivity contribution in [1.82, 2.24) is 9.80 Å². The molecule has 6 nitrogen and oxygen atoms in total. The molecule has 2 rings (SSSR count). The van der Waals surface area contributed by atoms with Crippen LogP contribution in [-0.2, 0) is 9.53 Å². The lowest BCUT2D eigenvalue weighted by Gasteiger charge is -2.29. The van der Waals surface area contributed by atoms with Gasteiger partial charge in [0.2, 0.25) is 5.91 Å². The van der Waals surface area contributed by atoms with E-state index in [9.17, 15) is 9.59 Å². The normalized spacial score (nSPS) is 18.9. The summed E-state index contributed by atoms with van der Waals surface area (Å²) in [5, 5.41) is 3.54. The first kappa shape index (κ1) is 21.5. The third kappa shape index (κ3) is 5.84. The zero-order chi connectivity index (χ0) is 20.4. The highest BCUT2D eigenvalue weighted by atomic mass is 35.5. The minimum atomic E-state index is -0.522. The molecule has 2 amide bonds. The Kier molecular flexibility index (Phi) is 6.76. The Morgan fingerprint density at radius 1 is 1.37 bits per heavy atom. The second-order valence-electron chi connectivity index (χ2n) is 8.15. The first-order valence-corrected chi connectivity index (χ1v) is 9.62. The van der Waals surface area contributed by atoms with E-state index in [2.05, 4.69) is 10.2 Å². The van der Waals surface area contributed by atoms with Gasteiger partial charge in [-0.25, -0.2) is 4.79 Å². The molecule has 0 radical (unpaired) electrons. The fourth-order valence-corrected chi connectivity index (χ4v) is 3.22. The maximum atomic E-state index is 12.7. The van der Waals surface area contributed by atoms with Gasteiger partial charge in [-0.1, -0.05) is 17.7 Å². The Balaban J connectivity index is 1.94. The number of likely N-dealkylation sites (tertiary alicyclic amines) is 1. The van der Waals surface area contributed by atoms with Gasteiger partial charge in [0, 0.05) is 36.9 Å². The van der Waals surface area contributed by atoms with Gasteiger partial charge in [0.25, 0.3) is 0 Å². The number of hydrogen-bond donors (Lipinski definition) is 1. The van der Waals surface area contributed by atoms with Gasteiger partial charge in [-0.2, -0.15) is 0 Å². The summed E-state index contributed by atoms with van der Waals surface area (Å²) in [7, 11) is 1.75. The summed E-state index contributed by atoms with van der Waals surface area (Å²) >= 11 is 6.03. The molecule has 27 heavy (non-hydrogen) atoms. The third-order valence-electron chi connectivity index (χ3n) is 4.81. The number of carbonyl (C=O) groups is 2. The quantitative estimate of drug-likeness (QED) is 0.839. The van der Waals surface area contributed by atoms with Crippen molar-refractivity contribution in [3.8, 4) is 0 Å². The highest BCUT2D eigenvalue weighted by molar-refractivity contribution is 6.31. The van der Waals surface area contributed by atoms with Crippen molar-refractivity contribution in [2.75, 3.05) is 25.5 Å². The summed E-state index contributed by atoms with van der Waals surface area (Å²) in [6.45, 7) is 10.8. The Hall–Kier alpha value is -1.79. The fourth-order valence-electron chi connectivity index (χ4n) is 3.05. The first-order valence-electron chi connectivity index (χ1n) is 9.25. The molecular weight excluding hydrogens is 366 g/mol. The molecule has 0 unspecified atom stereocenters. The number of anilines is 1. The Morgan fingerprint density at radius 2 is 2.04 bits per heavy atom. The van der Waals surface area contributed by atoms with E-state index in [1.165, 1.54) is 0 Å². The topological polar surface area (TPSA) is 61.9 Å². The van der Waals surface area contributed by atoms with E-state index in [0.717, 1.165) is 24.2 Å². The van der Waals surface area contributed by atoms with E-state index in [-0.39, 0.29) is 24.1 Å². The summed E-state index contributed by atoms with van der Waals surface area (Å²) in [6, 6.07) is 5.16. The maximum Gasteiger partial charge on any atom is 0.410 e. The molecule has 1 saturated heterocycles. The van der Waals surface area contributed by atoms with Gasteiger partial charge in [-0.15, -0.1) is 0 Å². The van der Waals surface area contributed by atoms with E-state index in [4.69, 9.17) is 16.3 Å². The van der Waals surface area contributed by atoms with Crippen LogP contribution in [0.2, 0.25) is 5.02 Å². The molecule has 1 fully saturated rings. The average molecular weight is 396 g/mol. The molecule has 0 aromatic heterocycles. The van der Waals surface area contributed by atoms with Gasteiger partial charge in [0.05, 0.1) is 6.04 Å². The predicted molar refractivity (Wildman–Crippen MR) is 108 cm³/mol. The number of carbonyl (C=O) groups excluding carboxylic acids is 2. The summed E-state index contributed by atoms with van der Waals surface area (Å²) < 4.78 is 5.44. The second kappa shape index (κ2) is 8.48. The van der Waals surface area contributed by atoms with Crippen molar-refractivity contribution in [3.63, 3.8) is 0 Å². The van der Waals surface area contributed by atoms with E-state index in [0.29, 0.717) is 11.6 Å². The number of hydrogen-bond acceptors (Lipinski definition) is 4. The van der Waals surface area contributed by atoms with E-state index >= 15 is 0 Å². The summed E-state index contributed by atoms with van der Waals surface area (Å²) in [4.78, 5) is 28.6. The number of rotatable bonds is 4. The molecule has 7 heteroatoms. The molecule has 1 aliphatic rings. The monoisotopic (exact) mass is 395 g/mol. The third-order valence-corrected chi connectivity index (χ3v) is 5.04. The zero-order valence-electron chi connectivity index (χ0n) is 17.0. The predicted octanol–water partition coefficient (Wildman–Crippen LogP) is 3.92. The average Bonchev–Trinajstić information content (AvgIpc) is 3.05. The smallest absolute Gasteiger partial charge is 0.410 e. The molecular formula is C20H30ClN3O3. The van der Waals surface area contributed by atoms with Crippen molar-refractivity contribution >= 4 is 29.3 Å². The first-order chi connectivity index (χ1) is 12.5. The largest absolute Gasteiger partial charge is 0.444 e. The Bertz CT molecular complexity index is 702. The van der Waals surface area contributed by atoms with Crippen LogP contribution in [0.5, 0.6) is 0 Å². The highest BCUT2D eigenvalue weighted by Gasteiger charge is 2.34. The lowest BCUT2D eigenvalue weighted by atomic mass is 10.2. The number of halogens is 1. The van der Waals surface area contributed by atoms with Gasteiger partial charge < -0.3 is 15.0 Å². The van der Waals surface area contributed by atoms with Crippen molar-refractivity contribution in [2.24, 2.45) is 0 Å². The van der Waals surface area contributed by atoms with Gasteiger partial charge in [-0.05, 0) is 58.7 Å². The molecule has 0 aliphatic carbocycles. The standard InChI is InChI=1S/C20H30ClN3O3/c1-13-7-8-15(21)11-17(13)22-18(25)14(2)24-10-9-16(12-24)23(6)19(26)27-20(3,4)5/h7-8,11,14,16H,9-10,12H2,1-6H3,(H,22,25)/t14-,16-/m1/s1. The molecule has 0 bridgehead atoms. The number of benzene rings is 1. The molecule has 1 aromatic carbocycles. The van der Waals surface area contributed by atoms with Crippen molar-refractivity contribution in [2.45, 2.75) is 58.7 Å². The fraction of sp³-hybridized carbons (Fsp3) is 0.600. The highest BCUT2D eigenvalue weighted by Crippen LogP contribution is 2.23. The lowest BCUT2D eigenvalue weighted by Crippen LogP contribution is -2.45. The van der Waals surface area contributed by atoms with Gasteiger partial charge in [0.1, 0.15) is 5.60 Å². The number of amides is 2. The van der Waals surface area contributed by atoms with Crippen LogP contribution in [0.15, 0.2) is 18.2 Å². The van der Waals surface area contributed by atoms with Crippen molar-refractivity contribution in [3.05, 3.63) is 28.8 Å². The summed E-state index contributed by atoms with van der Waals surface area (Å²) in [5.41, 5.74) is 1.16. The molecule has 1 aliphatic heterocycles. The van der Waals surface area contributed by atoms with Gasteiger partial charge in [-0.3, -0.25) is 9.69 Å². The molecule has 150 valence electrons.